The van der Waals surface area contributed by atoms with Crippen molar-refractivity contribution in [2.75, 3.05) is 0 Å². The molecule has 0 aromatic heterocycles. The van der Waals surface area contributed by atoms with Crippen LogP contribution in [-0.2, 0) is 0 Å². The van der Waals surface area contributed by atoms with Crippen LogP contribution in [-0.4, -0.2) is 0 Å². The van der Waals surface area contributed by atoms with Gasteiger partial charge in [-0.05, 0) is 57.3 Å². The topological polar surface area (TPSA) is 0 Å². The summed E-state index contributed by atoms with van der Waals surface area (Å²) in [6.07, 6.45) is 0. The monoisotopic (exact) mass is 380 g/mol. The minimum Gasteiger partial charge on any atom is -0.205 e. The Hall–Kier alpha value is 0.960. The molecule has 4 heteroatoms. The molecule has 0 radical (unpaired) electrons. The fraction of sp³-hybridized carbons (Fsp3) is 0. The highest BCUT2D eigenvalue weighted by Gasteiger charge is 2.03. The van der Waals surface area contributed by atoms with E-state index in [1.807, 2.05) is 22.6 Å². The average molecular weight is 380 g/mol. The molecule has 0 spiro atoms. The van der Waals surface area contributed by atoms with Crippen molar-refractivity contribution >= 4 is 57.8 Å². The van der Waals surface area contributed by atoms with Gasteiger partial charge in [-0.1, -0.05) is 0 Å². The second kappa shape index (κ2) is 3.57. The fourth-order valence-electron chi connectivity index (χ4n) is 0.542. The van der Waals surface area contributed by atoms with Gasteiger partial charge in [0, 0.05) is 8.47 Å². The van der Waals surface area contributed by atoms with Gasteiger partial charge in [0.25, 0.3) is 0 Å². The predicted octanol–water partition coefficient (Wildman–Crippen LogP) is 3.32. The Morgan fingerprint density at radius 3 is 2.40 bits per heavy atom. The van der Waals surface area contributed by atoms with Crippen LogP contribution in [0.3, 0.4) is 0 Å². The number of halogens is 3. The highest BCUT2D eigenvalue weighted by Crippen LogP contribution is 2.21. The van der Waals surface area contributed by atoms with Crippen LogP contribution in [0.1, 0.15) is 0 Å². The maximum absolute atomic E-state index is 12.8. The van der Waals surface area contributed by atoms with Crippen LogP contribution < -0.4 is 0 Å². The molecular formula is C6H3FI2S. The number of benzene rings is 1. The van der Waals surface area contributed by atoms with Gasteiger partial charge in [0.05, 0.1) is 3.57 Å². The van der Waals surface area contributed by atoms with Crippen LogP contribution in [0.2, 0.25) is 0 Å². The van der Waals surface area contributed by atoms with Crippen LogP contribution in [0.25, 0.3) is 0 Å². The summed E-state index contributed by atoms with van der Waals surface area (Å²) >= 11 is 8.03. The molecule has 0 N–H and O–H groups in total. The third-order valence-corrected chi connectivity index (χ3v) is 2.71. The Morgan fingerprint density at radius 1 is 1.30 bits per heavy atom. The molecule has 1 aromatic carbocycles. The van der Waals surface area contributed by atoms with Crippen molar-refractivity contribution in [3.05, 3.63) is 25.1 Å². The first-order valence-electron chi connectivity index (χ1n) is 2.45. The van der Waals surface area contributed by atoms with Crippen molar-refractivity contribution in [2.24, 2.45) is 0 Å². The Kier molecular flexibility index (Phi) is 3.23. The molecule has 10 heavy (non-hydrogen) atoms. The second-order valence-electron chi connectivity index (χ2n) is 1.72. The minimum atomic E-state index is -0.232. The number of thiol groups is 1. The molecule has 0 aliphatic carbocycles. The quantitative estimate of drug-likeness (QED) is 0.399. The lowest BCUT2D eigenvalue weighted by Gasteiger charge is -1.98. The highest BCUT2D eigenvalue weighted by molar-refractivity contribution is 14.1. The zero-order valence-electron chi connectivity index (χ0n) is 4.74. The Labute approximate surface area is 91.3 Å². The summed E-state index contributed by atoms with van der Waals surface area (Å²) in [5, 5.41) is 0. The molecule has 0 amide bonds. The fourth-order valence-corrected chi connectivity index (χ4v) is 3.11. The molecule has 0 saturated carbocycles. The third-order valence-electron chi connectivity index (χ3n) is 0.974. The smallest absolute Gasteiger partial charge is 0.149 e. The van der Waals surface area contributed by atoms with E-state index in [2.05, 4.69) is 35.2 Å². The first kappa shape index (κ1) is 9.05. The average Bonchev–Trinajstić information content (AvgIpc) is 1.82. The molecule has 0 heterocycles. The maximum atomic E-state index is 12.8. The molecule has 0 atom stereocenters. The summed E-state index contributed by atoms with van der Waals surface area (Å²) in [5.41, 5.74) is 0. The molecule has 1 aromatic rings. The van der Waals surface area contributed by atoms with Crippen molar-refractivity contribution in [1.29, 1.82) is 0 Å². The van der Waals surface area contributed by atoms with Crippen LogP contribution in [0.5, 0.6) is 0 Å². The van der Waals surface area contributed by atoms with Gasteiger partial charge in [-0.3, -0.25) is 0 Å². The zero-order chi connectivity index (χ0) is 7.72. The van der Waals surface area contributed by atoms with Gasteiger partial charge in [0.15, 0.2) is 0 Å². The summed E-state index contributed by atoms with van der Waals surface area (Å²) in [6.45, 7) is 0. The van der Waals surface area contributed by atoms with E-state index in [0.29, 0.717) is 8.47 Å². The number of hydrogen-bond donors (Lipinski definition) is 1. The SMILES string of the molecule is Fc1c(S)cc(I)cc1I. The summed E-state index contributed by atoms with van der Waals surface area (Å²) in [4.78, 5) is 0.413. The summed E-state index contributed by atoms with van der Waals surface area (Å²) in [6, 6.07) is 3.47. The van der Waals surface area contributed by atoms with E-state index < -0.39 is 0 Å². The summed E-state index contributed by atoms with van der Waals surface area (Å²) in [7, 11) is 0. The standard InChI is InChI=1S/C6H3FI2S/c7-6-4(9)1-3(8)2-5(6)10/h1-2,10H. The third kappa shape index (κ3) is 1.97. The molecule has 54 valence electrons. The molecule has 0 aliphatic heterocycles. The molecule has 0 bridgehead atoms. The molecule has 1 rings (SSSR count). The van der Waals surface area contributed by atoms with Gasteiger partial charge >= 0.3 is 0 Å². The molecule has 0 fully saturated rings. The molecule has 0 nitrogen and oxygen atoms in total. The van der Waals surface area contributed by atoms with E-state index >= 15 is 0 Å². The lowest BCUT2D eigenvalue weighted by atomic mass is 10.3. The van der Waals surface area contributed by atoms with Gasteiger partial charge in [0.2, 0.25) is 0 Å². The van der Waals surface area contributed by atoms with Crippen LogP contribution >= 0.6 is 57.8 Å². The van der Waals surface area contributed by atoms with Crippen LogP contribution in [0.4, 0.5) is 4.39 Å². The van der Waals surface area contributed by atoms with E-state index in [4.69, 9.17) is 0 Å². The maximum Gasteiger partial charge on any atom is 0.149 e. The van der Waals surface area contributed by atoms with Crippen molar-refractivity contribution in [3.8, 4) is 0 Å². The van der Waals surface area contributed by atoms with E-state index in [1.54, 1.807) is 12.1 Å². The largest absolute Gasteiger partial charge is 0.205 e. The first-order chi connectivity index (χ1) is 4.61. The summed E-state index contributed by atoms with van der Waals surface area (Å²) < 4.78 is 14.5. The highest BCUT2D eigenvalue weighted by atomic mass is 127. The van der Waals surface area contributed by atoms with E-state index in [0.717, 1.165) is 3.57 Å². The van der Waals surface area contributed by atoms with Gasteiger partial charge in [-0.15, -0.1) is 12.6 Å². The Morgan fingerprint density at radius 2 is 1.90 bits per heavy atom. The summed E-state index contributed by atoms with van der Waals surface area (Å²) in [5.74, 6) is -0.232. The van der Waals surface area contributed by atoms with Crippen LogP contribution in [0, 0.1) is 13.0 Å². The van der Waals surface area contributed by atoms with Crippen molar-refractivity contribution in [3.63, 3.8) is 0 Å². The molecule has 0 saturated heterocycles. The second-order valence-corrected chi connectivity index (χ2v) is 4.61. The van der Waals surface area contributed by atoms with E-state index in [1.165, 1.54) is 0 Å². The molecular weight excluding hydrogens is 377 g/mol. The lowest BCUT2D eigenvalue weighted by molar-refractivity contribution is 0.594. The molecule has 0 aliphatic rings. The molecule has 0 unspecified atom stereocenters. The van der Waals surface area contributed by atoms with Gasteiger partial charge in [0.1, 0.15) is 5.82 Å². The van der Waals surface area contributed by atoms with Crippen molar-refractivity contribution < 1.29 is 4.39 Å². The van der Waals surface area contributed by atoms with E-state index in [9.17, 15) is 4.39 Å². The van der Waals surface area contributed by atoms with Gasteiger partial charge in [-0.25, -0.2) is 4.39 Å². The van der Waals surface area contributed by atoms with Gasteiger partial charge < -0.3 is 0 Å². The van der Waals surface area contributed by atoms with E-state index in [-0.39, 0.29) is 5.82 Å². The van der Waals surface area contributed by atoms with Crippen molar-refractivity contribution in [2.45, 2.75) is 4.90 Å². The Bertz CT molecular complexity index is 239. The number of hydrogen-bond acceptors (Lipinski definition) is 1. The zero-order valence-corrected chi connectivity index (χ0v) is 9.95. The lowest BCUT2D eigenvalue weighted by Crippen LogP contribution is -1.85. The Balaban J connectivity index is 3.31. The van der Waals surface area contributed by atoms with Crippen LogP contribution in [0.15, 0.2) is 17.0 Å². The predicted molar refractivity (Wildman–Crippen MR) is 59.1 cm³/mol. The van der Waals surface area contributed by atoms with Gasteiger partial charge in [-0.2, -0.15) is 0 Å². The number of rotatable bonds is 0. The minimum absolute atomic E-state index is 0.232. The van der Waals surface area contributed by atoms with Crippen molar-refractivity contribution in [1.82, 2.24) is 0 Å². The first-order valence-corrected chi connectivity index (χ1v) is 5.05. The normalized spacial score (nSPS) is 10.0.